The third kappa shape index (κ3) is 6.62. The van der Waals surface area contributed by atoms with Crippen molar-refractivity contribution in [2.24, 2.45) is 0 Å². The number of anilines is 3. The van der Waals surface area contributed by atoms with Gasteiger partial charge in [-0.25, -0.2) is 0 Å². The fourth-order valence-electron chi connectivity index (χ4n) is 4.08. The van der Waals surface area contributed by atoms with E-state index in [0.717, 1.165) is 36.6 Å². The van der Waals surface area contributed by atoms with Crippen molar-refractivity contribution in [1.29, 1.82) is 0 Å². The summed E-state index contributed by atoms with van der Waals surface area (Å²) in [5, 5.41) is 15.3. The quantitative estimate of drug-likeness (QED) is 0.300. The third-order valence-electron chi connectivity index (χ3n) is 6.13. The average Bonchev–Trinajstić information content (AvgIpc) is 2.83. The smallest absolute Gasteiger partial charge is 0.0930 e. The Morgan fingerprint density at radius 3 is 2.06 bits per heavy atom. The summed E-state index contributed by atoms with van der Waals surface area (Å²) in [6, 6.07) is 24.7. The Morgan fingerprint density at radius 1 is 0.882 bits per heavy atom. The van der Waals surface area contributed by atoms with Crippen molar-refractivity contribution >= 4 is 40.6 Å². The first-order valence-corrected chi connectivity index (χ1v) is 13.0. The van der Waals surface area contributed by atoms with Crippen LogP contribution in [0.1, 0.15) is 44.7 Å². The predicted molar refractivity (Wildman–Crippen MR) is 148 cm³/mol. The lowest BCUT2D eigenvalue weighted by Crippen LogP contribution is -2.42. The molecule has 1 fully saturated rings. The molecule has 0 saturated carbocycles. The highest BCUT2D eigenvalue weighted by Crippen LogP contribution is 2.35. The van der Waals surface area contributed by atoms with Crippen LogP contribution in [0.5, 0.6) is 0 Å². The van der Waals surface area contributed by atoms with Crippen molar-refractivity contribution < 1.29 is 5.11 Å². The van der Waals surface area contributed by atoms with Gasteiger partial charge in [0.15, 0.2) is 0 Å². The molecule has 3 aromatic rings. The summed E-state index contributed by atoms with van der Waals surface area (Å²) >= 11 is 7.73. The van der Waals surface area contributed by atoms with Crippen molar-refractivity contribution in [1.82, 2.24) is 0 Å². The molecular formula is C28H34ClN3OS. The number of hydrogen-bond acceptors (Lipinski definition) is 5. The number of nitrogens with one attached hydrogen (secondary N) is 2. The molecule has 0 unspecified atom stereocenters. The van der Waals surface area contributed by atoms with Crippen LogP contribution in [0.2, 0.25) is 5.02 Å². The van der Waals surface area contributed by atoms with E-state index in [2.05, 4.69) is 84.2 Å². The maximum absolute atomic E-state index is 11.1. The molecule has 0 spiro atoms. The number of aliphatic hydroxyl groups is 1. The van der Waals surface area contributed by atoms with Gasteiger partial charge in [-0.1, -0.05) is 35.9 Å². The molecule has 3 N–H and O–H groups in total. The highest BCUT2D eigenvalue weighted by molar-refractivity contribution is 8.01. The minimum atomic E-state index is -0.779. The van der Waals surface area contributed by atoms with Crippen LogP contribution in [0.15, 0.2) is 72.8 Å². The van der Waals surface area contributed by atoms with Gasteiger partial charge < -0.3 is 20.0 Å². The molecule has 1 aliphatic heterocycles. The number of nitrogens with zero attached hydrogens (tertiary/aromatic N) is 1. The lowest BCUT2D eigenvalue weighted by molar-refractivity contribution is 0.0118. The molecule has 4 rings (SSSR count). The van der Waals surface area contributed by atoms with Crippen molar-refractivity contribution in [2.45, 2.75) is 50.5 Å². The van der Waals surface area contributed by atoms with Crippen LogP contribution in [0.25, 0.3) is 0 Å². The zero-order valence-electron chi connectivity index (χ0n) is 20.1. The molecule has 1 heterocycles. The van der Waals surface area contributed by atoms with Gasteiger partial charge in [0.1, 0.15) is 0 Å². The average molecular weight is 496 g/mol. The second-order valence-corrected chi connectivity index (χ2v) is 12.0. The van der Waals surface area contributed by atoms with Gasteiger partial charge in [0.25, 0.3) is 0 Å². The van der Waals surface area contributed by atoms with E-state index in [1.807, 2.05) is 24.3 Å². The molecule has 3 aromatic carbocycles. The molecule has 1 saturated heterocycles. The third-order valence-corrected chi connectivity index (χ3v) is 7.33. The van der Waals surface area contributed by atoms with E-state index in [1.165, 1.54) is 11.3 Å². The first kappa shape index (κ1) is 24.8. The second-order valence-electron chi connectivity index (χ2n) is 9.94. The van der Waals surface area contributed by atoms with E-state index >= 15 is 0 Å². The number of benzene rings is 3. The highest BCUT2D eigenvalue weighted by Gasteiger charge is 2.34. The van der Waals surface area contributed by atoms with Gasteiger partial charge in [0, 0.05) is 46.5 Å². The fraction of sp³-hybridized carbons (Fsp3) is 0.357. The summed E-state index contributed by atoms with van der Waals surface area (Å²) in [5.41, 5.74) is 4.83. The molecule has 0 atom stereocenters. The van der Waals surface area contributed by atoms with Crippen LogP contribution in [0.3, 0.4) is 0 Å². The Balaban J connectivity index is 1.27. The Hall–Kier alpha value is -2.34. The molecule has 1 aliphatic rings. The van der Waals surface area contributed by atoms with Gasteiger partial charge in [-0.3, -0.25) is 0 Å². The maximum atomic E-state index is 11.1. The first-order chi connectivity index (χ1) is 16.2. The van der Waals surface area contributed by atoms with Crippen molar-refractivity contribution in [3.63, 3.8) is 0 Å². The van der Waals surface area contributed by atoms with E-state index in [9.17, 15) is 5.11 Å². The number of piperidine rings is 1. The molecule has 34 heavy (non-hydrogen) atoms. The van der Waals surface area contributed by atoms with Gasteiger partial charge >= 0.3 is 0 Å². The van der Waals surface area contributed by atoms with Gasteiger partial charge in [-0.15, -0.1) is 0 Å². The van der Waals surface area contributed by atoms with Crippen molar-refractivity contribution in [3.8, 4) is 0 Å². The number of hydrogen-bond donors (Lipinski definition) is 3. The number of rotatable bonds is 7. The Labute approximate surface area is 212 Å². The Kier molecular flexibility index (Phi) is 7.66. The normalized spacial score (nSPS) is 15.7. The van der Waals surface area contributed by atoms with Gasteiger partial charge in [0.05, 0.1) is 5.60 Å². The zero-order chi connectivity index (χ0) is 24.2. The second kappa shape index (κ2) is 10.5. The Morgan fingerprint density at radius 2 is 1.47 bits per heavy atom. The van der Waals surface area contributed by atoms with Crippen LogP contribution in [0.4, 0.5) is 17.1 Å². The van der Waals surface area contributed by atoms with Crippen LogP contribution in [0, 0.1) is 0 Å². The summed E-state index contributed by atoms with van der Waals surface area (Å²) in [6.07, 6.45) is 1.40. The minimum Gasteiger partial charge on any atom is -0.385 e. The van der Waals surface area contributed by atoms with Crippen molar-refractivity contribution in [2.75, 3.05) is 28.0 Å². The number of halogens is 1. The van der Waals surface area contributed by atoms with Gasteiger partial charge in [0.2, 0.25) is 0 Å². The van der Waals surface area contributed by atoms with E-state index in [0.29, 0.717) is 17.9 Å². The minimum absolute atomic E-state index is 0.179. The SMILES string of the molecule is CC(C)(C)SNc1ccc(CNc2ccc(N3CCC(O)(c4ccc(Cl)cc4)CC3)cc2)cc1. The Bertz CT molecular complexity index is 1050. The van der Waals surface area contributed by atoms with E-state index in [-0.39, 0.29) is 4.75 Å². The molecule has 0 amide bonds. The molecule has 0 aliphatic carbocycles. The summed E-state index contributed by atoms with van der Waals surface area (Å²) < 4.78 is 3.59. The first-order valence-electron chi connectivity index (χ1n) is 11.8. The molecule has 6 heteroatoms. The van der Waals surface area contributed by atoms with Crippen LogP contribution in [-0.2, 0) is 12.1 Å². The zero-order valence-corrected chi connectivity index (χ0v) is 21.7. The van der Waals surface area contributed by atoms with E-state index in [1.54, 1.807) is 11.9 Å². The molecule has 0 aromatic heterocycles. The van der Waals surface area contributed by atoms with Gasteiger partial charge in [-0.05, 0) is 105 Å². The molecular weight excluding hydrogens is 462 g/mol. The van der Waals surface area contributed by atoms with Crippen LogP contribution in [-0.4, -0.2) is 22.9 Å². The largest absolute Gasteiger partial charge is 0.385 e. The summed E-state index contributed by atoms with van der Waals surface area (Å²) in [6.45, 7) is 9.01. The lowest BCUT2D eigenvalue weighted by atomic mass is 9.84. The maximum Gasteiger partial charge on any atom is 0.0930 e. The highest BCUT2D eigenvalue weighted by atomic mass is 35.5. The van der Waals surface area contributed by atoms with Crippen LogP contribution < -0.4 is 14.9 Å². The van der Waals surface area contributed by atoms with E-state index in [4.69, 9.17) is 11.6 Å². The molecule has 0 bridgehead atoms. The topological polar surface area (TPSA) is 47.5 Å². The summed E-state index contributed by atoms with van der Waals surface area (Å²) in [7, 11) is 0. The summed E-state index contributed by atoms with van der Waals surface area (Å²) in [4.78, 5) is 2.34. The molecule has 180 valence electrons. The molecule has 0 radical (unpaired) electrons. The van der Waals surface area contributed by atoms with Crippen molar-refractivity contribution in [3.05, 3.63) is 88.9 Å². The molecule has 4 nitrogen and oxygen atoms in total. The lowest BCUT2D eigenvalue weighted by Gasteiger charge is -2.39. The standard InChI is InChI=1S/C28H34ClN3OS/c1-27(2,3)34-31-25-10-4-21(5-11-25)20-30-24-12-14-26(15-13-24)32-18-16-28(33,17-19-32)22-6-8-23(29)9-7-22/h4-15,30-31,33H,16-20H2,1-3H3. The van der Waals surface area contributed by atoms with Gasteiger partial charge in [-0.2, -0.15) is 0 Å². The fourth-order valence-corrected chi connectivity index (χ4v) is 4.77. The summed E-state index contributed by atoms with van der Waals surface area (Å²) in [5.74, 6) is 0. The monoisotopic (exact) mass is 495 g/mol. The van der Waals surface area contributed by atoms with Crippen LogP contribution >= 0.6 is 23.5 Å². The predicted octanol–water partition coefficient (Wildman–Crippen LogP) is 7.30. The van der Waals surface area contributed by atoms with E-state index < -0.39 is 5.60 Å².